The Balaban J connectivity index is 1.44. The van der Waals surface area contributed by atoms with Gasteiger partial charge >= 0.3 is 0 Å². The standard InChI is InChI=1S/C25H24N6O2S/c1-15-14-21-27-28-25(30(21)20-13-9-8-12-19(15)20)34-17(3)23(32)26-22-16(2)29(4)31(24(22)33)18-10-6-5-7-11-18/h5-14,17H,1-4H3,(H,26,32)/t17-/m1/s1. The van der Waals surface area contributed by atoms with E-state index in [-0.39, 0.29) is 17.2 Å². The number of hydrogen-bond acceptors (Lipinski definition) is 5. The maximum atomic E-state index is 13.1. The predicted octanol–water partition coefficient (Wildman–Crippen LogP) is 4.11. The minimum atomic E-state index is -0.503. The van der Waals surface area contributed by atoms with Crippen LogP contribution in [0.4, 0.5) is 5.69 Å². The number of aryl methyl sites for hydroxylation is 1. The van der Waals surface area contributed by atoms with Crippen LogP contribution in [0.25, 0.3) is 22.2 Å². The largest absolute Gasteiger partial charge is 0.319 e. The maximum absolute atomic E-state index is 13.1. The van der Waals surface area contributed by atoms with Gasteiger partial charge in [0.25, 0.3) is 5.56 Å². The Labute approximate surface area is 200 Å². The van der Waals surface area contributed by atoms with Gasteiger partial charge in [-0.25, -0.2) is 4.68 Å². The van der Waals surface area contributed by atoms with Crippen LogP contribution in [0, 0.1) is 13.8 Å². The zero-order valence-corrected chi connectivity index (χ0v) is 20.1. The van der Waals surface area contributed by atoms with Crippen molar-refractivity contribution in [2.75, 3.05) is 5.32 Å². The number of nitrogens with one attached hydrogen (secondary N) is 1. The van der Waals surface area contributed by atoms with E-state index in [2.05, 4.69) is 21.6 Å². The van der Waals surface area contributed by atoms with Crippen molar-refractivity contribution in [1.82, 2.24) is 24.0 Å². The second kappa shape index (κ2) is 8.49. The summed E-state index contributed by atoms with van der Waals surface area (Å²) in [6.45, 7) is 5.66. The molecule has 34 heavy (non-hydrogen) atoms. The van der Waals surface area contributed by atoms with E-state index in [4.69, 9.17) is 0 Å². The normalized spacial score (nSPS) is 12.4. The summed E-state index contributed by atoms with van der Waals surface area (Å²) in [6, 6.07) is 19.4. The van der Waals surface area contributed by atoms with Gasteiger partial charge in [-0.3, -0.25) is 18.7 Å². The fraction of sp³-hybridized carbons (Fsp3) is 0.200. The third kappa shape index (κ3) is 3.58. The Kier molecular flexibility index (Phi) is 5.49. The Morgan fingerprint density at radius 2 is 1.74 bits per heavy atom. The molecule has 5 aromatic rings. The molecule has 1 amide bonds. The highest BCUT2D eigenvalue weighted by Gasteiger charge is 2.23. The fourth-order valence-corrected chi connectivity index (χ4v) is 4.97. The van der Waals surface area contributed by atoms with Crippen molar-refractivity contribution in [3.8, 4) is 5.69 Å². The molecular formula is C25H24N6O2S. The van der Waals surface area contributed by atoms with Crippen LogP contribution < -0.4 is 10.9 Å². The van der Waals surface area contributed by atoms with E-state index >= 15 is 0 Å². The summed E-state index contributed by atoms with van der Waals surface area (Å²) in [5, 5.41) is 12.7. The van der Waals surface area contributed by atoms with Crippen LogP contribution in [0.3, 0.4) is 0 Å². The molecule has 0 unspecified atom stereocenters. The van der Waals surface area contributed by atoms with Crippen molar-refractivity contribution >= 4 is 39.9 Å². The molecule has 0 aliphatic heterocycles. The van der Waals surface area contributed by atoms with Crippen LogP contribution in [0.15, 0.2) is 70.6 Å². The van der Waals surface area contributed by atoms with Gasteiger partial charge in [-0.05, 0) is 50.6 Å². The first kappa shape index (κ1) is 22.0. The number of fused-ring (bicyclic) bond motifs is 3. The molecule has 0 saturated carbocycles. The first-order valence-electron chi connectivity index (χ1n) is 10.9. The van der Waals surface area contributed by atoms with E-state index in [1.807, 2.05) is 72.8 Å². The average molecular weight is 473 g/mol. The number of pyridine rings is 1. The third-order valence-corrected chi connectivity index (χ3v) is 7.07. The number of aromatic nitrogens is 5. The van der Waals surface area contributed by atoms with Crippen molar-refractivity contribution in [2.45, 2.75) is 31.2 Å². The molecule has 0 aliphatic carbocycles. The second-order valence-electron chi connectivity index (χ2n) is 8.21. The zero-order valence-electron chi connectivity index (χ0n) is 19.3. The Morgan fingerprint density at radius 1 is 1.03 bits per heavy atom. The number of rotatable bonds is 5. The monoisotopic (exact) mass is 472 g/mol. The topological polar surface area (TPSA) is 86.2 Å². The predicted molar refractivity (Wildman–Crippen MR) is 135 cm³/mol. The van der Waals surface area contributed by atoms with Gasteiger partial charge in [0.05, 0.1) is 22.1 Å². The van der Waals surface area contributed by atoms with Gasteiger partial charge in [-0.15, -0.1) is 10.2 Å². The smallest absolute Gasteiger partial charge is 0.295 e. The van der Waals surface area contributed by atoms with Crippen LogP contribution in [0.2, 0.25) is 0 Å². The van der Waals surface area contributed by atoms with Crippen molar-refractivity contribution < 1.29 is 4.79 Å². The van der Waals surface area contributed by atoms with E-state index in [9.17, 15) is 9.59 Å². The molecule has 0 spiro atoms. The van der Waals surface area contributed by atoms with E-state index in [0.717, 1.165) is 27.8 Å². The lowest BCUT2D eigenvalue weighted by Gasteiger charge is -2.11. The van der Waals surface area contributed by atoms with Crippen molar-refractivity contribution in [3.05, 3.63) is 82.3 Å². The summed E-state index contributed by atoms with van der Waals surface area (Å²) >= 11 is 1.31. The van der Waals surface area contributed by atoms with Gasteiger partial charge < -0.3 is 5.32 Å². The first-order valence-corrected chi connectivity index (χ1v) is 11.8. The van der Waals surface area contributed by atoms with Gasteiger partial charge in [-0.2, -0.15) is 0 Å². The Hall–Kier alpha value is -3.85. The van der Waals surface area contributed by atoms with Gasteiger partial charge in [0.15, 0.2) is 10.8 Å². The number of carbonyl (C=O) groups is 1. The Morgan fingerprint density at radius 3 is 2.50 bits per heavy atom. The van der Waals surface area contributed by atoms with Crippen LogP contribution in [-0.2, 0) is 11.8 Å². The lowest BCUT2D eigenvalue weighted by Crippen LogP contribution is -2.27. The van der Waals surface area contributed by atoms with Crippen LogP contribution in [-0.4, -0.2) is 35.1 Å². The molecule has 3 heterocycles. The first-order chi connectivity index (χ1) is 16.4. The van der Waals surface area contributed by atoms with Crippen molar-refractivity contribution in [2.24, 2.45) is 7.05 Å². The van der Waals surface area contributed by atoms with Crippen LogP contribution in [0.1, 0.15) is 18.2 Å². The Bertz CT molecular complexity index is 1600. The summed E-state index contributed by atoms with van der Waals surface area (Å²) < 4.78 is 5.25. The molecule has 172 valence electrons. The van der Waals surface area contributed by atoms with Gasteiger partial charge in [0, 0.05) is 12.4 Å². The van der Waals surface area contributed by atoms with Gasteiger partial charge in [0.2, 0.25) is 5.91 Å². The number of benzene rings is 2. The number of thioether (sulfide) groups is 1. The van der Waals surface area contributed by atoms with Crippen molar-refractivity contribution in [1.29, 1.82) is 0 Å². The highest BCUT2D eigenvalue weighted by molar-refractivity contribution is 8.00. The fourth-order valence-electron chi connectivity index (χ4n) is 4.10. The number of hydrogen-bond donors (Lipinski definition) is 1. The molecule has 5 rings (SSSR count). The zero-order chi connectivity index (χ0) is 24.0. The lowest BCUT2D eigenvalue weighted by atomic mass is 10.1. The van der Waals surface area contributed by atoms with Gasteiger partial charge in [0.1, 0.15) is 5.69 Å². The van der Waals surface area contributed by atoms with Crippen LogP contribution >= 0.6 is 11.8 Å². The molecule has 0 fully saturated rings. The molecule has 2 aromatic carbocycles. The summed E-state index contributed by atoms with van der Waals surface area (Å²) in [7, 11) is 1.80. The lowest BCUT2D eigenvalue weighted by molar-refractivity contribution is -0.115. The SMILES string of the molecule is Cc1cc2nnc(S[C@H](C)C(=O)Nc3c(C)n(C)n(-c4ccccc4)c3=O)n2c2ccccc12. The molecule has 1 atom stereocenters. The number of nitrogens with zero attached hydrogens (tertiary/aromatic N) is 5. The number of anilines is 1. The van der Waals surface area contributed by atoms with E-state index < -0.39 is 5.25 Å². The molecule has 8 nitrogen and oxygen atoms in total. The molecule has 0 aliphatic rings. The van der Waals surface area contributed by atoms with Gasteiger partial charge in [-0.1, -0.05) is 48.2 Å². The molecule has 3 aromatic heterocycles. The maximum Gasteiger partial charge on any atom is 0.295 e. The third-order valence-electron chi connectivity index (χ3n) is 6.03. The quantitative estimate of drug-likeness (QED) is 0.389. The second-order valence-corrected chi connectivity index (χ2v) is 9.51. The molecule has 0 radical (unpaired) electrons. The summed E-state index contributed by atoms with van der Waals surface area (Å²) in [5.41, 5.74) is 4.25. The summed E-state index contributed by atoms with van der Waals surface area (Å²) in [5.74, 6) is -0.274. The number of carbonyl (C=O) groups excluding carboxylic acids is 1. The summed E-state index contributed by atoms with van der Waals surface area (Å²) in [6.07, 6.45) is 0. The molecule has 1 N–H and O–H groups in total. The molecule has 0 bridgehead atoms. The highest BCUT2D eigenvalue weighted by Crippen LogP contribution is 2.28. The molecular weight excluding hydrogens is 448 g/mol. The van der Waals surface area contributed by atoms with E-state index in [1.54, 1.807) is 23.3 Å². The van der Waals surface area contributed by atoms with E-state index in [1.165, 1.54) is 11.8 Å². The molecule has 0 saturated heterocycles. The van der Waals surface area contributed by atoms with Crippen LogP contribution in [0.5, 0.6) is 0 Å². The highest BCUT2D eigenvalue weighted by atomic mass is 32.2. The van der Waals surface area contributed by atoms with Crippen molar-refractivity contribution in [3.63, 3.8) is 0 Å². The molecule has 9 heteroatoms. The number of amides is 1. The average Bonchev–Trinajstić information content (AvgIpc) is 3.33. The minimum Gasteiger partial charge on any atom is -0.319 e. The van der Waals surface area contributed by atoms with E-state index in [0.29, 0.717) is 10.9 Å². The summed E-state index contributed by atoms with van der Waals surface area (Å²) in [4.78, 5) is 26.2. The number of para-hydroxylation sites is 2. The minimum absolute atomic E-state index is 0.272.